The summed E-state index contributed by atoms with van der Waals surface area (Å²) in [5.74, 6) is 2.01. The van der Waals surface area contributed by atoms with E-state index in [2.05, 4.69) is 10.00 Å². The third kappa shape index (κ3) is 2.16. The fraction of sp³-hybridized carbons (Fsp3) is 0.800. The van der Waals surface area contributed by atoms with Crippen molar-refractivity contribution in [2.75, 3.05) is 11.4 Å². The highest BCUT2D eigenvalue weighted by Gasteiger charge is 2.35. The first kappa shape index (κ1) is 13.0. The Kier molecular flexibility index (Phi) is 3.52. The summed E-state index contributed by atoms with van der Waals surface area (Å²) in [6.45, 7) is 3.21. The lowest BCUT2D eigenvalue weighted by Crippen LogP contribution is -2.36. The second-order valence-corrected chi connectivity index (χ2v) is 6.12. The Labute approximate surface area is 115 Å². The third-order valence-corrected chi connectivity index (χ3v) is 4.99. The lowest BCUT2D eigenvalue weighted by atomic mass is 9.96. The van der Waals surface area contributed by atoms with Crippen LogP contribution >= 0.6 is 0 Å². The summed E-state index contributed by atoms with van der Waals surface area (Å²) >= 11 is 0. The van der Waals surface area contributed by atoms with E-state index in [0.717, 1.165) is 29.5 Å². The van der Waals surface area contributed by atoms with Crippen LogP contribution in [0.2, 0.25) is 0 Å². The first-order valence-electron chi connectivity index (χ1n) is 7.62. The number of rotatable bonds is 3. The zero-order valence-electron chi connectivity index (χ0n) is 12.1. The van der Waals surface area contributed by atoms with Gasteiger partial charge in [0.1, 0.15) is 5.82 Å². The van der Waals surface area contributed by atoms with Gasteiger partial charge in [-0.15, -0.1) is 0 Å². The molecule has 4 nitrogen and oxygen atoms in total. The highest BCUT2D eigenvalue weighted by atomic mass is 16.3. The fourth-order valence-corrected chi connectivity index (χ4v) is 4.12. The third-order valence-electron chi connectivity index (χ3n) is 4.99. The standard InChI is InChI=1S/C15H25N3O/c1-11-13(10-19)15(17(2)16-11)18-9-5-8-14(18)12-6-3-4-7-12/h12,14,19H,3-10H2,1-2H3. The van der Waals surface area contributed by atoms with Crippen LogP contribution < -0.4 is 4.90 Å². The minimum atomic E-state index is 0.100. The molecule has 4 heteroatoms. The van der Waals surface area contributed by atoms with Crippen LogP contribution in [-0.2, 0) is 13.7 Å². The molecule has 1 aromatic heterocycles. The molecule has 1 N–H and O–H groups in total. The lowest BCUT2D eigenvalue weighted by molar-refractivity contribution is 0.280. The molecule has 3 rings (SSSR count). The zero-order valence-corrected chi connectivity index (χ0v) is 12.1. The maximum Gasteiger partial charge on any atom is 0.132 e. The van der Waals surface area contributed by atoms with Crippen molar-refractivity contribution >= 4 is 5.82 Å². The molecule has 1 saturated heterocycles. The van der Waals surface area contributed by atoms with Gasteiger partial charge in [0.2, 0.25) is 0 Å². The van der Waals surface area contributed by atoms with Crippen LogP contribution in [0.4, 0.5) is 5.82 Å². The molecule has 2 aliphatic rings. The van der Waals surface area contributed by atoms with Crippen molar-refractivity contribution in [2.45, 2.75) is 58.1 Å². The summed E-state index contributed by atoms with van der Waals surface area (Å²) in [5, 5.41) is 14.1. The highest BCUT2D eigenvalue weighted by Crippen LogP contribution is 2.39. The molecule has 106 valence electrons. The van der Waals surface area contributed by atoms with Crippen molar-refractivity contribution in [3.05, 3.63) is 11.3 Å². The minimum absolute atomic E-state index is 0.100. The Bertz CT molecular complexity index is 448. The van der Waals surface area contributed by atoms with Crippen LogP contribution in [-0.4, -0.2) is 27.5 Å². The molecule has 1 aromatic rings. The predicted octanol–water partition coefficient (Wildman–Crippen LogP) is 2.38. The average Bonchev–Trinajstić information content (AvgIpc) is 3.07. The van der Waals surface area contributed by atoms with E-state index in [4.69, 9.17) is 0 Å². The van der Waals surface area contributed by atoms with Gasteiger partial charge in [-0.05, 0) is 38.5 Å². The summed E-state index contributed by atoms with van der Waals surface area (Å²) in [4.78, 5) is 2.53. The Balaban J connectivity index is 1.91. The monoisotopic (exact) mass is 263 g/mol. The van der Waals surface area contributed by atoms with Crippen LogP contribution in [0.3, 0.4) is 0 Å². The Morgan fingerprint density at radius 3 is 2.63 bits per heavy atom. The van der Waals surface area contributed by atoms with Gasteiger partial charge >= 0.3 is 0 Å². The van der Waals surface area contributed by atoms with E-state index >= 15 is 0 Å². The van der Waals surface area contributed by atoms with Gasteiger partial charge < -0.3 is 10.0 Å². The average molecular weight is 263 g/mol. The molecule has 2 fully saturated rings. The van der Waals surface area contributed by atoms with E-state index in [0.29, 0.717) is 6.04 Å². The van der Waals surface area contributed by atoms with Crippen molar-refractivity contribution in [1.29, 1.82) is 0 Å². The summed E-state index contributed by atoms with van der Waals surface area (Å²) in [5.41, 5.74) is 1.99. The number of aryl methyl sites for hydroxylation is 2. The minimum Gasteiger partial charge on any atom is -0.391 e. The van der Waals surface area contributed by atoms with E-state index in [1.165, 1.54) is 38.5 Å². The van der Waals surface area contributed by atoms with E-state index < -0.39 is 0 Å². The molecule has 0 radical (unpaired) electrons. The molecule has 1 aliphatic heterocycles. The fourth-order valence-electron chi connectivity index (χ4n) is 4.12. The van der Waals surface area contributed by atoms with Crippen LogP contribution in [0.25, 0.3) is 0 Å². The molecule has 1 saturated carbocycles. The normalized spacial score (nSPS) is 24.6. The summed E-state index contributed by atoms with van der Waals surface area (Å²) in [7, 11) is 2.01. The van der Waals surface area contributed by atoms with Gasteiger partial charge in [0, 0.05) is 25.2 Å². The number of hydrogen-bond donors (Lipinski definition) is 1. The maximum atomic E-state index is 9.64. The van der Waals surface area contributed by atoms with Crippen molar-refractivity contribution in [3.8, 4) is 0 Å². The van der Waals surface area contributed by atoms with Gasteiger partial charge in [-0.3, -0.25) is 4.68 Å². The van der Waals surface area contributed by atoms with E-state index in [-0.39, 0.29) is 6.61 Å². The zero-order chi connectivity index (χ0) is 13.4. The van der Waals surface area contributed by atoms with Crippen LogP contribution in [0.1, 0.15) is 49.8 Å². The SMILES string of the molecule is Cc1nn(C)c(N2CCCC2C2CCCC2)c1CO. The topological polar surface area (TPSA) is 41.3 Å². The van der Waals surface area contributed by atoms with Gasteiger partial charge in [-0.2, -0.15) is 5.10 Å². The molecule has 1 aliphatic carbocycles. The van der Waals surface area contributed by atoms with Crippen LogP contribution in [0, 0.1) is 12.8 Å². The molecule has 0 aromatic carbocycles. The molecule has 2 heterocycles. The van der Waals surface area contributed by atoms with Crippen molar-refractivity contribution in [2.24, 2.45) is 13.0 Å². The Hall–Kier alpha value is -1.03. The smallest absolute Gasteiger partial charge is 0.132 e. The number of aliphatic hydroxyl groups excluding tert-OH is 1. The van der Waals surface area contributed by atoms with Gasteiger partial charge in [0.25, 0.3) is 0 Å². The summed E-state index contributed by atoms with van der Waals surface area (Å²) in [6, 6.07) is 0.669. The van der Waals surface area contributed by atoms with E-state index in [1.807, 2.05) is 18.7 Å². The van der Waals surface area contributed by atoms with Gasteiger partial charge in [0.05, 0.1) is 12.3 Å². The Morgan fingerprint density at radius 2 is 1.95 bits per heavy atom. The molecule has 0 amide bonds. The van der Waals surface area contributed by atoms with E-state index in [1.54, 1.807) is 0 Å². The van der Waals surface area contributed by atoms with Gasteiger partial charge in [0.15, 0.2) is 0 Å². The quantitative estimate of drug-likeness (QED) is 0.910. The second-order valence-electron chi connectivity index (χ2n) is 6.12. The molecule has 1 unspecified atom stereocenters. The van der Waals surface area contributed by atoms with Crippen molar-refractivity contribution < 1.29 is 5.11 Å². The molecule has 1 atom stereocenters. The number of aromatic nitrogens is 2. The maximum absolute atomic E-state index is 9.64. The van der Waals surface area contributed by atoms with Gasteiger partial charge in [-0.1, -0.05) is 12.8 Å². The molecule has 0 bridgehead atoms. The van der Waals surface area contributed by atoms with Crippen molar-refractivity contribution in [1.82, 2.24) is 9.78 Å². The second kappa shape index (κ2) is 5.16. The lowest BCUT2D eigenvalue weighted by Gasteiger charge is -2.31. The van der Waals surface area contributed by atoms with Crippen LogP contribution in [0.5, 0.6) is 0 Å². The summed E-state index contributed by atoms with van der Waals surface area (Å²) in [6.07, 6.45) is 8.13. The number of nitrogens with zero attached hydrogens (tertiary/aromatic N) is 3. The molecular formula is C15H25N3O. The number of aliphatic hydroxyl groups is 1. The van der Waals surface area contributed by atoms with Gasteiger partial charge in [-0.25, -0.2) is 0 Å². The first-order valence-corrected chi connectivity index (χ1v) is 7.62. The first-order chi connectivity index (χ1) is 9.22. The molecule has 19 heavy (non-hydrogen) atoms. The molecule has 0 spiro atoms. The Morgan fingerprint density at radius 1 is 1.21 bits per heavy atom. The molecular weight excluding hydrogens is 238 g/mol. The summed E-state index contributed by atoms with van der Waals surface area (Å²) < 4.78 is 1.97. The van der Waals surface area contributed by atoms with Crippen LogP contribution in [0.15, 0.2) is 0 Å². The number of anilines is 1. The predicted molar refractivity (Wildman–Crippen MR) is 76.2 cm³/mol. The van der Waals surface area contributed by atoms with Crippen molar-refractivity contribution in [3.63, 3.8) is 0 Å². The number of hydrogen-bond acceptors (Lipinski definition) is 3. The highest BCUT2D eigenvalue weighted by molar-refractivity contribution is 5.51. The van der Waals surface area contributed by atoms with E-state index in [9.17, 15) is 5.11 Å². The largest absolute Gasteiger partial charge is 0.391 e.